The molecule has 0 unspecified atom stereocenters. The van der Waals surface area contributed by atoms with Crippen LogP contribution in [-0.4, -0.2) is 4.57 Å². The fourth-order valence-electron chi connectivity index (χ4n) is 5.08. The lowest BCUT2D eigenvalue weighted by Crippen LogP contribution is -2.25. The first-order chi connectivity index (χ1) is 15.7. The van der Waals surface area contributed by atoms with Crippen LogP contribution in [0.15, 0.2) is 108 Å². The first kappa shape index (κ1) is 19.2. The number of nitrogens with zero attached hydrogens (tertiary/aromatic N) is 1. The van der Waals surface area contributed by atoms with Gasteiger partial charge in [0.1, 0.15) is 5.41 Å². The highest BCUT2D eigenvalue weighted by Gasteiger charge is 2.45. The van der Waals surface area contributed by atoms with Crippen LogP contribution in [0.4, 0.5) is 0 Å². The van der Waals surface area contributed by atoms with Crippen molar-refractivity contribution in [3.05, 3.63) is 130 Å². The molecule has 0 saturated heterocycles. The summed E-state index contributed by atoms with van der Waals surface area (Å²) in [6.07, 6.45) is 2.26. The lowest BCUT2D eigenvalue weighted by molar-refractivity contribution is 0.831. The fraction of sp³-hybridized carbons (Fsp3) is 0.0667. The molecule has 1 heterocycles. The van der Waals surface area contributed by atoms with E-state index < -0.39 is 5.41 Å². The minimum atomic E-state index is -0.552. The third-order valence-electron chi connectivity index (χ3n) is 6.48. The minimum Gasteiger partial charge on any atom is -0.350 e. The molecule has 5 aromatic rings. The van der Waals surface area contributed by atoms with Crippen LogP contribution in [0.25, 0.3) is 22.0 Å². The lowest BCUT2D eigenvalue weighted by Gasteiger charge is -2.26. The molecule has 6 rings (SSSR count). The second kappa shape index (κ2) is 7.26. The Morgan fingerprint density at radius 1 is 0.719 bits per heavy atom. The maximum atomic E-state index is 3.79. The van der Waals surface area contributed by atoms with Crippen LogP contribution in [0.3, 0.4) is 0 Å². The highest BCUT2D eigenvalue weighted by Crippen LogP contribution is 2.53. The molecule has 4 aromatic carbocycles. The predicted molar refractivity (Wildman–Crippen MR) is 136 cm³/mol. The molecule has 1 aromatic heterocycles. The van der Waals surface area contributed by atoms with Gasteiger partial charge in [0.15, 0.2) is 0 Å². The summed E-state index contributed by atoms with van der Waals surface area (Å²) in [5, 5.41) is 1.22. The lowest BCUT2D eigenvalue weighted by atomic mass is 9.72. The summed E-state index contributed by atoms with van der Waals surface area (Å²) in [6.45, 7) is 0. The predicted octanol–water partition coefficient (Wildman–Crippen LogP) is 7.31. The number of fused-ring (bicyclic) bond motifs is 4. The van der Waals surface area contributed by atoms with Crippen molar-refractivity contribution in [2.45, 2.75) is 5.41 Å². The number of rotatable bonds is 1. The third kappa shape index (κ3) is 2.72. The maximum Gasteiger partial charge on any atom is 0.110 e. The molecular weight excluding hydrogens is 454 g/mol. The van der Waals surface area contributed by atoms with E-state index >= 15 is 0 Å². The molecule has 0 spiro atoms. The molecular formula is C30H20BrN. The Bertz CT molecular complexity index is 1500. The topological polar surface area (TPSA) is 4.93 Å². The van der Waals surface area contributed by atoms with E-state index in [-0.39, 0.29) is 0 Å². The van der Waals surface area contributed by atoms with E-state index in [9.17, 15) is 0 Å². The Balaban J connectivity index is 1.77. The van der Waals surface area contributed by atoms with E-state index in [1.165, 1.54) is 38.7 Å². The van der Waals surface area contributed by atoms with Gasteiger partial charge < -0.3 is 4.57 Å². The van der Waals surface area contributed by atoms with Gasteiger partial charge in [-0.05, 0) is 52.6 Å². The quantitative estimate of drug-likeness (QED) is 0.225. The molecule has 0 bridgehead atoms. The van der Waals surface area contributed by atoms with Gasteiger partial charge in [-0.2, -0.15) is 0 Å². The average Bonchev–Trinajstić information content (AvgIpc) is 3.31. The number of aromatic nitrogens is 1. The van der Waals surface area contributed by atoms with Crippen molar-refractivity contribution in [2.24, 2.45) is 7.05 Å². The van der Waals surface area contributed by atoms with Crippen molar-refractivity contribution < 1.29 is 0 Å². The van der Waals surface area contributed by atoms with Gasteiger partial charge in [0, 0.05) is 39.7 Å². The highest BCUT2D eigenvalue weighted by atomic mass is 79.9. The number of halogens is 1. The van der Waals surface area contributed by atoms with Crippen molar-refractivity contribution in [2.75, 3.05) is 0 Å². The van der Waals surface area contributed by atoms with E-state index in [1.54, 1.807) is 0 Å². The Kier molecular flexibility index (Phi) is 4.35. The molecule has 0 aliphatic heterocycles. The van der Waals surface area contributed by atoms with E-state index in [1.807, 2.05) is 18.2 Å². The molecule has 32 heavy (non-hydrogen) atoms. The smallest absolute Gasteiger partial charge is 0.110 e. The van der Waals surface area contributed by atoms with Crippen LogP contribution >= 0.6 is 15.9 Å². The summed E-state index contributed by atoms with van der Waals surface area (Å²) in [5.41, 5.74) is 7.91. The van der Waals surface area contributed by atoms with Gasteiger partial charge in [-0.25, -0.2) is 0 Å². The Labute approximate surface area is 196 Å². The van der Waals surface area contributed by atoms with Crippen LogP contribution in [-0.2, 0) is 12.5 Å². The van der Waals surface area contributed by atoms with Crippen LogP contribution in [0.5, 0.6) is 0 Å². The highest BCUT2D eigenvalue weighted by molar-refractivity contribution is 9.10. The van der Waals surface area contributed by atoms with Crippen molar-refractivity contribution in [1.29, 1.82) is 0 Å². The summed E-state index contributed by atoms with van der Waals surface area (Å²) in [4.78, 5) is 0. The van der Waals surface area contributed by atoms with Crippen molar-refractivity contribution in [3.63, 3.8) is 0 Å². The van der Waals surface area contributed by atoms with Gasteiger partial charge in [0.05, 0.1) is 0 Å². The van der Waals surface area contributed by atoms with Crippen LogP contribution < -0.4 is 0 Å². The minimum absolute atomic E-state index is 0.552. The summed E-state index contributed by atoms with van der Waals surface area (Å²) in [5.74, 6) is 7.31. The summed E-state index contributed by atoms with van der Waals surface area (Å²) >= 11 is 3.70. The van der Waals surface area contributed by atoms with Crippen molar-refractivity contribution in [3.8, 4) is 23.0 Å². The van der Waals surface area contributed by atoms with Crippen LogP contribution in [0.1, 0.15) is 22.3 Å². The molecule has 152 valence electrons. The summed E-state index contributed by atoms with van der Waals surface area (Å²) in [7, 11) is 2.12. The SMILES string of the molecule is Cn1cc(C2(C#Cc3ccccc3)c3ccccc3-c3ccccc32)c2cc(Br)ccc21. The number of benzene rings is 4. The zero-order valence-electron chi connectivity index (χ0n) is 17.6. The van der Waals surface area contributed by atoms with E-state index in [4.69, 9.17) is 0 Å². The maximum absolute atomic E-state index is 3.79. The largest absolute Gasteiger partial charge is 0.350 e. The molecule has 0 radical (unpaired) electrons. The van der Waals surface area contributed by atoms with Gasteiger partial charge in [-0.1, -0.05) is 94.5 Å². The number of hydrogen-bond acceptors (Lipinski definition) is 0. The Morgan fingerprint density at radius 2 is 1.34 bits per heavy atom. The molecule has 0 amide bonds. The normalized spacial score (nSPS) is 13.3. The van der Waals surface area contributed by atoms with E-state index in [0.29, 0.717) is 0 Å². The first-order valence-corrected chi connectivity index (χ1v) is 11.5. The van der Waals surface area contributed by atoms with Crippen molar-refractivity contribution in [1.82, 2.24) is 4.57 Å². The zero-order valence-corrected chi connectivity index (χ0v) is 19.2. The molecule has 2 heteroatoms. The number of aryl methyl sites for hydroxylation is 1. The van der Waals surface area contributed by atoms with Crippen LogP contribution in [0.2, 0.25) is 0 Å². The molecule has 1 aliphatic rings. The molecule has 1 nitrogen and oxygen atoms in total. The third-order valence-corrected chi connectivity index (χ3v) is 6.97. The molecule has 0 fully saturated rings. The van der Waals surface area contributed by atoms with Gasteiger partial charge in [0.2, 0.25) is 0 Å². The van der Waals surface area contributed by atoms with Gasteiger partial charge in [0.25, 0.3) is 0 Å². The second-order valence-corrected chi connectivity index (χ2v) is 9.19. The summed E-state index contributed by atoms with van der Waals surface area (Å²) in [6, 6.07) is 34.2. The standard InChI is InChI=1S/C30H20BrN/c1-32-20-28(25-19-22(31)15-16-29(25)32)30(18-17-21-9-3-2-4-10-21)26-13-7-5-11-23(26)24-12-6-8-14-27(24)30/h2-16,19-20H,1H3. The molecule has 0 saturated carbocycles. The average molecular weight is 474 g/mol. The Morgan fingerprint density at radius 3 is 2.03 bits per heavy atom. The summed E-state index contributed by atoms with van der Waals surface area (Å²) < 4.78 is 3.29. The fourth-order valence-corrected chi connectivity index (χ4v) is 5.44. The van der Waals surface area contributed by atoms with Crippen LogP contribution in [0, 0.1) is 11.8 Å². The van der Waals surface area contributed by atoms with Crippen molar-refractivity contribution >= 4 is 26.8 Å². The zero-order chi connectivity index (χ0) is 21.7. The molecule has 0 N–H and O–H groups in total. The number of hydrogen-bond donors (Lipinski definition) is 0. The molecule has 1 aliphatic carbocycles. The second-order valence-electron chi connectivity index (χ2n) is 8.27. The monoisotopic (exact) mass is 473 g/mol. The van der Waals surface area contributed by atoms with Gasteiger partial charge in [-0.3, -0.25) is 0 Å². The van der Waals surface area contributed by atoms with E-state index in [2.05, 4.69) is 124 Å². The Hall–Kier alpha value is -3.54. The van der Waals surface area contributed by atoms with Gasteiger partial charge >= 0.3 is 0 Å². The van der Waals surface area contributed by atoms with E-state index in [0.717, 1.165) is 10.0 Å². The first-order valence-electron chi connectivity index (χ1n) is 10.7. The molecule has 0 atom stereocenters. The van der Waals surface area contributed by atoms with Gasteiger partial charge in [-0.15, -0.1) is 0 Å².